The van der Waals surface area contributed by atoms with Crippen molar-refractivity contribution in [2.45, 2.75) is 0 Å². The van der Waals surface area contributed by atoms with Crippen LogP contribution >= 0.6 is 37.2 Å². The minimum absolute atomic E-state index is 0. The second-order valence-corrected chi connectivity index (χ2v) is 0.651. The first-order valence-corrected chi connectivity index (χ1v) is 7.98. The summed E-state index contributed by atoms with van der Waals surface area (Å²) in [4.78, 5) is 0. The van der Waals surface area contributed by atoms with Crippen LogP contribution < -0.4 is 29.6 Å². The third-order valence-corrected chi connectivity index (χ3v) is 0. The third-order valence-electron chi connectivity index (χ3n) is 0. The van der Waals surface area contributed by atoms with E-state index in [4.69, 9.17) is 13.3 Å². The van der Waals surface area contributed by atoms with Crippen LogP contribution in [-0.2, 0) is 11.4 Å². The topological polar surface area (TPSA) is 60.4 Å². The number of halogens is 2. The molecule has 0 spiro atoms. The van der Waals surface area contributed by atoms with Crippen LogP contribution in [0.25, 0.3) is 0 Å². The van der Waals surface area contributed by atoms with Gasteiger partial charge in [0.15, 0.2) is 0 Å². The van der Waals surface area contributed by atoms with E-state index >= 15 is 0 Å². The Morgan fingerprint density at radius 3 is 1.57 bits per heavy atom. The molecule has 0 amide bonds. The molecule has 1 unspecified atom stereocenters. The van der Waals surface area contributed by atoms with Crippen molar-refractivity contribution in [3.8, 4) is 0 Å². The van der Waals surface area contributed by atoms with Gasteiger partial charge < -0.3 is 9.11 Å². The SMILES string of the molecule is II.O=S([O-])O.[Na+]. The van der Waals surface area contributed by atoms with E-state index in [2.05, 4.69) is 37.2 Å². The third kappa shape index (κ3) is 56.8. The van der Waals surface area contributed by atoms with Crippen LogP contribution in [0.1, 0.15) is 0 Å². The van der Waals surface area contributed by atoms with Crippen molar-refractivity contribution in [1.29, 1.82) is 0 Å². The Hall–Kier alpha value is 2.53. The molecule has 0 aromatic carbocycles. The monoisotopic (exact) mass is 358 g/mol. The van der Waals surface area contributed by atoms with Gasteiger partial charge in [-0.3, -0.25) is 0 Å². The molecular weight excluding hydrogens is 357 g/mol. The largest absolute Gasteiger partial charge is 1.00 e. The Morgan fingerprint density at radius 1 is 1.57 bits per heavy atom. The molecule has 1 N–H and O–H groups in total. The molecule has 0 aliphatic heterocycles. The van der Waals surface area contributed by atoms with E-state index in [1.54, 1.807) is 0 Å². The van der Waals surface area contributed by atoms with Gasteiger partial charge in [0.2, 0.25) is 0 Å². The summed E-state index contributed by atoms with van der Waals surface area (Å²) in [7, 11) is 0. The summed E-state index contributed by atoms with van der Waals surface area (Å²) in [5.41, 5.74) is 0. The fourth-order valence-corrected chi connectivity index (χ4v) is 0. The zero-order chi connectivity index (χ0) is 5.58. The number of hydrogen-bond acceptors (Lipinski definition) is 2. The predicted molar refractivity (Wildman–Crippen MR) is 39.6 cm³/mol. The smallest absolute Gasteiger partial charge is 0.750 e. The van der Waals surface area contributed by atoms with Crippen LogP contribution in [0, 0.1) is 0 Å². The maximum absolute atomic E-state index is 8.56. The quantitative estimate of drug-likeness (QED) is 0.313. The molecular formula is HI2NaO3S. The fraction of sp³-hybridized carbons (Fsp3) is 0. The molecule has 0 aliphatic rings. The molecule has 0 heterocycles. The Balaban J connectivity index is -0.0000000480. The fourth-order valence-electron chi connectivity index (χ4n) is 0. The minimum atomic E-state index is -2.86. The zero-order valence-electron chi connectivity index (χ0n) is 3.43. The Bertz CT molecular complexity index is 35.9. The first-order valence-electron chi connectivity index (χ1n) is 0.659. The van der Waals surface area contributed by atoms with Crippen molar-refractivity contribution in [2.75, 3.05) is 0 Å². The molecule has 7 heteroatoms. The van der Waals surface area contributed by atoms with Crippen molar-refractivity contribution in [3.63, 3.8) is 0 Å². The van der Waals surface area contributed by atoms with Crippen molar-refractivity contribution in [3.05, 3.63) is 0 Å². The zero-order valence-corrected chi connectivity index (χ0v) is 10.6. The molecule has 3 nitrogen and oxygen atoms in total. The van der Waals surface area contributed by atoms with E-state index in [0.29, 0.717) is 0 Å². The number of rotatable bonds is 0. The molecule has 0 saturated heterocycles. The first kappa shape index (κ1) is 16.3. The van der Waals surface area contributed by atoms with Gasteiger partial charge in [0.05, 0.1) is 11.4 Å². The molecule has 0 aliphatic carbocycles. The summed E-state index contributed by atoms with van der Waals surface area (Å²) in [6.45, 7) is 0. The molecule has 0 fully saturated rings. The predicted octanol–water partition coefficient (Wildman–Crippen LogP) is -1.89. The van der Waals surface area contributed by atoms with Crippen LogP contribution in [0.5, 0.6) is 0 Å². The molecule has 0 aromatic rings. The van der Waals surface area contributed by atoms with Crippen LogP contribution in [0.3, 0.4) is 0 Å². The van der Waals surface area contributed by atoms with E-state index < -0.39 is 11.4 Å². The van der Waals surface area contributed by atoms with Gasteiger partial charge in [-0.05, 0) is 0 Å². The van der Waals surface area contributed by atoms with Gasteiger partial charge in [-0.2, -0.15) is 0 Å². The van der Waals surface area contributed by atoms with Crippen LogP contribution in [0.2, 0.25) is 0 Å². The van der Waals surface area contributed by atoms with Crippen molar-refractivity contribution in [1.82, 2.24) is 0 Å². The number of hydrogen-bond donors (Lipinski definition) is 1. The minimum Gasteiger partial charge on any atom is -0.750 e. The van der Waals surface area contributed by atoms with E-state index in [-0.39, 0.29) is 29.6 Å². The summed E-state index contributed by atoms with van der Waals surface area (Å²) in [5, 5.41) is 0. The summed E-state index contributed by atoms with van der Waals surface area (Å²) in [6, 6.07) is 0. The van der Waals surface area contributed by atoms with Gasteiger partial charge in [0, 0.05) is 37.2 Å². The van der Waals surface area contributed by atoms with Gasteiger partial charge >= 0.3 is 29.6 Å². The van der Waals surface area contributed by atoms with Crippen LogP contribution in [-0.4, -0.2) is 13.3 Å². The summed E-state index contributed by atoms with van der Waals surface area (Å²) >= 11 is 1.38. The van der Waals surface area contributed by atoms with E-state index in [1.807, 2.05) is 0 Å². The van der Waals surface area contributed by atoms with Gasteiger partial charge in [-0.15, -0.1) is 0 Å². The molecule has 0 saturated carbocycles. The van der Waals surface area contributed by atoms with Crippen LogP contribution in [0.15, 0.2) is 0 Å². The van der Waals surface area contributed by atoms with E-state index in [1.165, 1.54) is 0 Å². The van der Waals surface area contributed by atoms with Crippen molar-refractivity contribution >= 4 is 48.6 Å². The van der Waals surface area contributed by atoms with Gasteiger partial charge in [0.1, 0.15) is 0 Å². The normalized spacial score (nSPS) is 9.71. The standard InChI is InChI=1S/I2.Na.H2O3S/c1-2;;1-4(2)3/h;;(H2,1,2,3)/q;+1;/p-1. The molecule has 0 bridgehead atoms. The van der Waals surface area contributed by atoms with Gasteiger partial charge in [0.25, 0.3) is 0 Å². The summed E-state index contributed by atoms with van der Waals surface area (Å²) in [6.07, 6.45) is 0. The molecule has 7 heavy (non-hydrogen) atoms. The Morgan fingerprint density at radius 2 is 1.57 bits per heavy atom. The summed E-state index contributed by atoms with van der Waals surface area (Å²) in [5.74, 6) is 0. The molecule has 1 atom stereocenters. The van der Waals surface area contributed by atoms with Gasteiger partial charge in [-0.25, -0.2) is 4.21 Å². The Kier molecular flexibility index (Phi) is 36.7. The van der Waals surface area contributed by atoms with Crippen molar-refractivity contribution < 1.29 is 42.9 Å². The molecule has 0 rings (SSSR count). The molecule has 0 radical (unpaired) electrons. The van der Waals surface area contributed by atoms with E-state index in [0.717, 1.165) is 0 Å². The first-order chi connectivity index (χ1) is 2.73. The maximum Gasteiger partial charge on any atom is 1.00 e. The van der Waals surface area contributed by atoms with Crippen molar-refractivity contribution in [2.24, 2.45) is 0 Å². The second kappa shape index (κ2) is 15.8. The second-order valence-electron chi connectivity index (χ2n) is 0.217. The summed E-state index contributed by atoms with van der Waals surface area (Å²) < 4.78 is 24.1. The molecule has 0 aromatic heterocycles. The van der Waals surface area contributed by atoms with Crippen LogP contribution in [0.4, 0.5) is 0 Å². The average Bonchev–Trinajstić information content (AvgIpc) is 1.41. The maximum atomic E-state index is 8.56. The van der Waals surface area contributed by atoms with Gasteiger partial charge in [-0.1, -0.05) is 0 Å². The van der Waals surface area contributed by atoms with E-state index in [9.17, 15) is 0 Å². The molecule has 40 valence electrons. The average molecular weight is 358 g/mol. The Labute approximate surface area is 89.7 Å².